The first kappa shape index (κ1) is 28.3. The van der Waals surface area contributed by atoms with Gasteiger partial charge in [-0.2, -0.15) is 0 Å². The van der Waals surface area contributed by atoms with E-state index in [9.17, 15) is 9.59 Å². The number of ether oxygens (including phenoxy) is 2. The first-order valence-electron chi connectivity index (χ1n) is 13.2. The molecule has 4 nitrogen and oxygen atoms in total. The molecule has 0 aliphatic heterocycles. The van der Waals surface area contributed by atoms with Crippen LogP contribution < -0.4 is 0 Å². The molecule has 0 bridgehead atoms. The minimum atomic E-state index is -0.384. The molecule has 0 aliphatic carbocycles. The molecule has 0 saturated carbocycles. The van der Waals surface area contributed by atoms with Crippen LogP contribution in [0.25, 0.3) is 33.4 Å². The molecule has 202 valence electrons. The molecule has 4 aromatic rings. The van der Waals surface area contributed by atoms with E-state index in [4.69, 9.17) is 9.47 Å². The van der Waals surface area contributed by atoms with E-state index in [1.54, 1.807) is 13.8 Å². The Kier molecular flexibility index (Phi) is 8.80. The lowest BCUT2D eigenvalue weighted by molar-refractivity contribution is -0.141. The largest absolute Gasteiger partial charge is 0.457 e. The molecule has 0 saturated heterocycles. The zero-order valence-corrected chi connectivity index (χ0v) is 23.5. The topological polar surface area (TPSA) is 52.6 Å². The second kappa shape index (κ2) is 12.4. The van der Waals surface area contributed by atoms with Crippen LogP contribution >= 0.6 is 0 Å². The van der Waals surface area contributed by atoms with E-state index < -0.39 is 0 Å². The van der Waals surface area contributed by atoms with Crippen molar-refractivity contribution in [1.29, 1.82) is 0 Å². The molecule has 4 heteroatoms. The number of esters is 2. The van der Waals surface area contributed by atoms with Crippen molar-refractivity contribution in [1.82, 2.24) is 0 Å². The lowest BCUT2D eigenvalue weighted by Gasteiger charge is -2.13. The van der Waals surface area contributed by atoms with Crippen molar-refractivity contribution in [2.45, 2.75) is 40.9 Å². The molecule has 0 spiro atoms. The second-order valence-electron chi connectivity index (χ2n) is 10.2. The average Bonchev–Trinajstić information content (AvgIpc) is 2.95. The van der Waals surface area contributed by atoms with E-state index in [-0.39, 0.29) is 25.2 Å². The Morgan fingerprint density at radius 3 is 1.20 bits per heavy atom. The van der Waals surface area contributed by atoms with Crippen LogP contribution in [0.2, 0.25) is 0 Å². The maximum atomic E-state index is 11.7. The quantitative estimate of drug-likeness (QED) is 0.161. The predicted molar refractivity (Wildman–Crippen MR) is 161 cm³/mol. The van der Waals surface area contributed by atoms with E-state index in [0.29, 0.717) is 11.1 Å². The Balaban J connectivity index is 1.55. The molecule has 4 aromatic carbocycles. The number of carbonyl (C=O) groups excluding carboxylic acids is 2. The zero-order valence-electron chi connectivity index (χ0n) is 23.5. The molecule has 0 heterocycles. The number of aryl methyl sites for hydroxylation is 2. The summed E-state index contributed by atoms with van der Waals surface area (Å²) in [6.45, 7) is 15.2. The smallest absolute Gasteiger partial charge is 0.333 e. The normalized spacial score (nSPS) is 10.6. The first-order valence-corrected chi connectivity index (χ1v) is 13.2. The van der Waals surface area contributed by atoms with Gasteiger partial charge in [-0.05, 0) is 95.5 Å². The minimum Gasteiger partial charge on any atom is -0.457 e. The second-order valence-corrected chi connectivity index (χ2v) is 10.2. The standard InChI is InChI=1S/C36H34O4/c1-23(2)35(37)39-21-27-9-15-29(16-10-27)33-19-31(13-7-25(33)5)32-14-8-26(6)34(20-32)30-17-11-28(12-18-30)22-40-36(38)24(3)4/h7-20H,1,3,21-22H2,2,4-6H3. The molecule has 0 N–H and O–H groups in total. The van der Waals surface area contributed by atoms with Gasteiger partial charge in [-0.15, -0.1) is 0 Å². The maximum absolute atomic E-state index is 11.7. The summed E-state index contributed by atoms with van der Waals surface area (Å²) in [5.74, 6) is -0.768. The van der Waals surface area contributed by atoms with Gasteiger partial charge < -0.3 is 9.47 Å². The highest BCUT2D eigenvalue weighted by Gasteiger charge is 2.10. The molecular weight excluding hydrogens is 496 g/mol. The van der Waals surface area contributed by atoms with Crippen LogP contribution in [0.5, 0.6) is 0 Å². The number of carbonyl (C=O) groups is 2. The van der Waals surface area contributed by atoms with Gasteiger partial charge in [0.05, 0.1) is 0 Å². The minimum absolute atomic E-state index is 0.220. The molecule has 0 unspecified atom stereocenters. The van der Waals surface area contributed by atoms with Gasteiger partial charge in [0.25, 0.3) is 0 Å². The fourth-order valence-corrected chi connectivity index (χ4v) is 4.33. The summed E-state index contributed by atoms with van der Waals surface area (Å²) in [6.07, 6.45) is 0. The monoisotopic (exact) mass is 530 g/mol. The third kappa shape index (κ3) is 6.83. The van der Waals surface area contributed by atoms with Gasteiger partial charge in [0.15, 0.2) is 0 Å². The Morgan fingerprint density at radius 2 is 0.875 bits per heavy atom. The van der Waals surface area contributed by atoms with Gasteiger partial charge in [0, 0.05) is 11.1 Å². The van der Waals surface area contributed by atoms with Crippen LogP contribution in [0.4, 0.5) is 0 Å². The number of hydrogen-bond donors (Lipinski definition) is 0. The van der Waals surface area contributed by atoms with Gasteiger partial charge in [-0.1, -0.05) is 86.0 Å². The molecule has 0 atom stereocenters. The molecular formula is C36H34O4. The van der Waals surface area contributed by atoms with Gasteiger partial charge in [-0.3, -0.25) is 0 Å². The van der Waals surface area contributed by atoms with Crippen molar-refractivity contribution in [3.63, 3.8) is 0 Å². The lowest BCUT2D eigenvalue weighted by atomic mass is 9.92. The summed E-state index contributed by atoms with van der Waals surface area (Å²) >= 11 is 0. The van der Waals surface area contributed by atoms with Crippen LogP contribution in [-0.2, 0) is 32.3 Å². The summed E-state index contributed by atoms with van der Waals surface area (Å²) in [6, 6.07) is 29.2. The van der Waals surface area contributed by atoms with Gasteiger partial charge in [0.1, 0.15) is 13.2 Å². The van der Waals surface area contributed by atoms with E-state index in [2.05, 4.69) is 87.7 Å². The molecule has 0 radical (unpaired) electrons. The molecule has 0 aliphatic rings. The van der Waals surface area contributed by atoms with Gasteiger partial charge in [-0.25, -0.2) is 9.59 Å². The highest BCUT2D eigenvalue weighted by atomic mass is 16.5. The van der Waals surface area contributed by atoms with Crippen molar-refractivity contribution in [2.75, 3.05) is 0 Å². The fraction of sp³-hybridized carbons (Fsp3) is 0.167. The Morgan fingerprint density at radius 1 is 0.550 bits per heavy atom. The maximum Gasteiger partial charge on any atom is 0.333 e. The summed E-state index contributed by atoms with van der Waals surface area (Å²) < 4.78 is 10.5. The Labute approximate surface area is 236 Å². The van der Waals surface area contributed by atoms with Crippen molar-refractivity contribution in [2.24, 2.45) is 0 Å². The third-order valence-electron chi connectivity index (χ3n) is 6.78. The number of hydrogen-bond acceptors (Lipinski definition) is 4. The highest BCUT2D eigenvalue weighted by molar-refractivity contribution is 5.87. The Hall–Kier alpha value is -4.70. The average molecular weight is 531 g/mol. The Bertz CT molecular complexity index is 1450. The van der Waals surface area contributed by atoms with E-state index in [1.165, 1.54) is 11.1 Å². The molecule has 40 heavy (non-hydrogen) atoms. The van der Waals surface area contributed by atoms with Crippen LogP contribution in [-0.4, -0.2) is 11.9 Å². The zero-order chi connectivity index (χ0) is 28.8. The van der Waals surface area contributed by atoms with Crippen LogP contribution in [0, 0.1) is 13.8 Å². The third-order valence-corrected chi connectivity index (χ3v) is 6.78. The number of benzene rings is 4. The van der Waals surface area contributed by atoms with Crippen LogP contribution in [0.1, 0.15) is 36.1 Å². The van der Waals surface area contributed by atoms with E-state index in [1.807, 2.05) is 24.3 Å². The molecule has 0 amide bonds. The molecule has 0 aromatic heterocycles. The van der Waals surface area contributed by atoms with E-state index in [0.717, 1.165) is 44.5 Å². The van der Waals surface area contributed by atoms with Crippen molar-refractivity contribution < 1.29 is 19.1 Å². The van der Waals surface area contributed by atoms with Crippen molar-refractivity contribution >= 4 is 11.9 Å². The summed E-state index contributed by atoms with van der Waals surface area (Å²) in [4.78, 5) is 23.4. The van der Waals surface area contributed by atoms with Crippen molar-refractivity contribution in [3.8, 4) is 33.4 Å². The van der Waals surface area contributed by atoms with Crippen LogP contribution in [0.15, 0.2) is 109 Å². The summed E-state index contributed by atoms with van der Waals surface area (Å²) in [7, 11) is 0. The predicted octanol–water partition coefficient (Wildman–Crippen LogP) is 8.54. The van der Waals surface area contributed by atoms with E-state index >= 15 is 0 Å². The SMILES string of the molecule is C=C(C)C(=O)OCc1ccc(-c2cc(-c3ccc(C)c(-c4ccc(COC(=O)C(=C)C)cc4)c3)ccc2C)cc1. The first-order chi connectivity index (χ1) is 19.1. The molecule has 4 rings (SSSR count). The van der Waals surface area contributed by atoms with Crippen LogP contribution in [0.3, 0.4) is 0 Å². The summed E-state index contributed by atoms with van der Waals surface area (Å²) in [5, 5.41) is 0. The van der Waals surface area contributed by atoms with Gasteiger partial charge in [0.2, 0.25) is 0 Å². The molecule has 0 fully saturated rings. The number of rotatable bonds is 9. The summed E-state index contributed by atoms with van der Waals surface area (Å²) in [5.41, 5.74) is 11.8. The van der Waals surface area contributed by atoms with Crippen molar-refractivity contribution in [3.05, 3.63) is 131 Å². The fourth-order valence-electron chi connectivity index (χ4n) is 4.33. The lowest BCUT2D eigenvalue weighted by Crippen LogP contribution is -2.04. The highest BCUT2D eigenvalue weighted by Crippen LogP contribution is 2.33. The van der Waals surface area contributed by atoms with Gasteiger partial charge >= 0.3 is 11.9 Å².